The van der Waals surface area contributed by atoms with E-state index in [1.807, 2.05) is 24.3 Å². The maximum absolute atomic E-state index is 12.3. The number of nitrogens with zero attached hydrogens (tertiary/aromatic N) is 1. The van der Waals surface area contributed by atoms with Gasteiger partial charge in [0, 0.05) is 30.8 Å². The van der Waals surface area contributed by atoms with Crippen LogP contribution in [0.15, 0.2) is 42.6 Å². The minimum absolute atomic E-state index is 0.00703. The van der Waals surface area contributed by atoms with E-state index >= 15 is 0 Å². The Hall–Kier alpha value is -2.60. The average Bonchev–Trinajstić information content (AvgIpc) is 3.13. The smallest absolute Gasteiger partial charge is 0.251 e. The zero-order chi connectivity index (χ0) is 16.8. The van der Waals surface area contributed by atoms with Gasteiger partial charge in [0.15, 0.2) is 0 Å². The molecule has 1 aromatic carbocycles. The van der Waals surface area contributed by atoms with Crippen molar-refractivity contribution in [3.05, 3.63) is 53.7 Å². The lowest BCUT2D eigenvalue weighted by Gasteiger charge is -2.11. The van der Waals surface area contributed by atoms with Gasteiger partial charge in [0.25, 0.3) is 5.91 Å². The average molecular weight is 328 g/mol. The van der Waals surface area contributed by atoms with Gasteiger partial charge in [0.1, 0.15) is 11.9 Å². The van der Waals surface area contributed by atoms with Crippen LogP contribution in [0.5, 0.6) is 11.6 Å². The van der Waals surface area contributed by atoms with Gasteiger partial charge < -0.3 is 19.5 Å². The molecule has 126 valence electrons. The topological polar surface area (TPSA) is 69.7 Å². The second-order valence-electron chi connectivity index (χ2n) is 5.52. The Balaban J connectivity index is 1.59. The monoisotopic (exact) mass is 328 g/mol. The summed E-state index contributed by atoms with van der Waals surface area (Å²) in [4.78, 5) is 16.5. The van der Waals surface area contributed by atoms with E-state index in [2.05, 4.69) is 10.3 Å². The van der Waals surface area contributed by atoms with Crippen LogP contribution in [0, 0.1) is 0 Å². The number of hydrogen-bond donors (Lipinski definition) is 1. The van der Waals surface area contributed by atoms with Gasteiger partial charge in [0.05, 0.1) is 20.3 Å². The third-order valence-corrected chi connectivity index (χ3v) is 3.76. The molecule has 24 heavy (non-hydrogen) atoms. The molecule has 0 bridgehead atoms. The molecule has 1 N–H and O–H groups in total. The van der Waals surface area contributed by atoms with Crippen molar-refractivity contribution in [3.8, 4) is 11.6 Å². The summed E-state index contributed by atoms with van der Waals surface area (Å²) in [5.41, 5.74) is 1.48. The van der Waals surface area contributed by atoms with Crippen LogP contribution in [0.1, 0.15) is 22.3 Å². The molecular weight excluding hydrogens is 308 g/mol. The number of rotatable bonds is 6. The third-order valence-electron chi connectivity index (χ3n) is 3.76. The van der Waals surface area contributed by atoms with E-state index in [-0.39, 0.29) is 12.0 Å². The fraction of sp³-hybridized carbons (Fsp3) is 0.333. The number of carbonyl (C=O) groups excluding carboxylic acids is 1. The van der Waals surface area contributed by atoms with E-state index in [0.29, 0.717) is 31.2 Å². The highest BCUT2D eigenvalue weighted by molar-refractivity contribution is 5.94. The molecule has 2 heterocycles. The zero-order valence-corrected chi connectivity index (χ0v) is 13.5. The number of benzene rings is 1. The Bertz CT molecular complexity index is 699. The molecule has 1 atom stereocenters. The lowest BCUT2D eigenvalue weighted by molar-refractivity contribution is 0.0949. The summed E-state index contributed by atoms with van der Waals surface area (Å²) in [6.45, 7) is 1.68. The molecule has 0 aliphatic carbocycles. The van der Waals surface area contributed by atoms with Crippen LogP contribution < -0.4 is 14.8 Å². The van der Waals surface area contributed by atoms with Crippen molar-refractivity contribution in [2.24, 2.45) is 0 Å². The van der Waals surface area contributed by atoms with Gasteiger partial charge in [-0.25, -0.2) is 4.98 Å². The number of aromatic nitrogens is 1. The standard InChI is InChI=1S/C18H20N2O4/c1-22-15-4-2-3-13(9-15)11-20-18(21)14-5-7-19-17(10-14)24-16-6-8-23-12-16/h2-5,7,9-10,16H,6,8,11-12H2,1H3,(H,20,21). The fourth-order valence-electron chi connectivity index (χ4n) is 2.46. The minimum Gasteiger partial charge on any atom is -0.497 e. The van der Waals surface area contributed by atoms with Gasteiger partial charge in [-0.05, 0) is 23.8 Å². The van der Waals surface area contributed by atoms with Crippen LogP contribution in [0.25, 0.3) is 0 Å². The number of pyridine rings is 1. The summed E-state index contributed by atoms with van der Waals surface area (Å²) in [7, 11) is 1.62. The normalized spacial score (nSPS) is 16.6. The molecule has 0 saturated carbocycles. The van der Waals surface area contributed by atoms with Crippen molar-refractivity contribution in [3.63, 3.8) is 0 Å². The van der Waals surface area contributed by atoms with E-state index in [9.17, 15) is 4.79 Å². The minimum atomic E-state index is -0.173. The van der Waals surface area contributed by atoms with Gasteiger partial charge in [-0.2, -0.15) is 0 Å². The predicted molar refractivity (Wildman–Crippen MR) is 88.3 cm³/mol. The van der Waals surface area contributed by atoms with Gasteiger partial charge in [-0.3, -0.25) is 4.79 Å². The number of nitrogens with one attached hydrogen (secondary N) is 1. The van der Waals surface area contributed by atoms with Crippen LogP contribution in [0.4, 0.5) is 0 Å². The molecule has 1 amide bonds. The van der Waals surface area contributed by atoms with Crippen LogP contribution >= 0.6 is 0 Å². The summed E-state index contributed by atoms with van der Waals surface area (Å²) in [6, 6.07) is 10.9. The molecule has 0 spiro atoms. The Morgan fingerprint density at radius 3 is 3.08 bits per heavy atom. The summed E-state index contributed by atoms with van der Waals surface area (Å²) in [5.74, 6) is 1.03. The summed E-state index contributed by atoms with van der Waals surface area (Å²) in [5, 5.41) is 2.88. The van der Waals surface area contributed by atoms with Gasteiger partial charge in [-0.15, -0.1) is 0 Å². The van der Waals surface area contributed by atoms with Gasteiger partial charge in [0.2, 0.25) is 5.88 Å². The highest BCUT2D eigenvalue weighted by Crippen LogP contribution is 2.16. The van der Waals surface area contributed by atoms with Crippen LogP contribution in [0.2, 0.25) is 0 Å². The van der Waals surface area contributed by atoms with Crippen LogP contribution in [0.3, 0.4) is 0 Å². The third kappa shape index (κ3) is 4.23. The van der Waals surface area contributed by atoms with Crippen molar-refractivity contribution >= 4 is 5.91 Å². The highest BCUT2D eigenvalue weighted by Gasteiger charge is 2.18. The van der Waals surface area contributed by atoms with Crippen molar-refractivity contribution in [2.45, 2.75) is 19.1 Å². The van der Waals surface area contributed by atoms with Crippen molar-refractivity contribution in [1.29, 1.82) is 0 Å². The van der Waals surface area contributed by atoms with Gasteiger partial charge >= 0.3 is 0 Å². The number of amides is 1. The molecule has 1 aliphatic heterocycles. The Morgan fingerprint density at radius 1 is 1.38 bits per heavy atom. The largest absolute Gasteiger partial charge is 0.497 e. The molecule has 0 radical (unpaired) electrons. The maximum atomic E-state index is 12.3. The van der Waals surface area contributed by atoms with E-state index in [1.165, 1.54) is 0 Å². The second-order valence-corrected chi connectivity index (χ2v) is 5.52. The Kier molecular flexibility index (Phi) is 5.28. The summed E-state index contributed by atoms with van der Waals surface area (Å²) in [6.07, 6.45) is 2.42. The highest BCUT2D eigenvalue weighted by atomic mass is 16.5. The van der Waals surface area contributed by atoms with E-state index < -0.39 is 0 Å². The number of methoxy groups -OCH3 is 1. The van der Waals surface area contributed by atoms with Crippen LogP contribution in [-0.4, -0.2) is 37.3 Å². The van der Waals surface area contributed by atoms with Crippen molar-refractivity contribution < 1.29 is 19.0 Å². The predicted octanol–water partition coefficient (Wildman–Crippen LogP) is 2.19. The molecule has 2 aromatic rings. The quantitative estimate of drug-likeness (QED) is 0.880. The first-order chi connectivity index (χ1) is 11.7. The first-order valence-electron chi connectivity index (χ1n) is 7.86. The molecule has 1 saturated heterocycles. The lowest BCUT2D eigenvalue weighted by atomic mass is 10.2. The van der Waals surface area contributed by atoms with Gasteiger partial charge in [-0.1, -0.05) is 12.1 Å². The maximum Gasteiger partial charge on any atom is 0.251 e. The molecular formula is C18H20N2O4. The zero-order valence-electron chi connectivity index (χ0n) is 13.5. The fourth-order valence-corrected chi connectivity index (χ4v) is 2.46. The van der Waals surface area contributed by atoms with Crippen LogP contribution in [-0.2, 0) is 11.3 Å². The van der Waals surface area contributed by atoms with E-state index in [4.69, 9.17) is 14.2 Å². The molecule has 1 aliphatic rings. The Labute approximate surface area is 140 Å². The first kappa shape index (κ1) is 16.3. The molecule has 6 nitrogen and oxygen atoms in total. The molecule has 1 unspecified atom stereocenters. The molecule has 1 fully saturated rings. The van der Waals surface area contributed by atoms with Crippen molar-refractivity contribution in [1.82, 2.24) is 10.3 Å². The summed E-state index contributed by atoms with van der Waals surface area (Å²) < 4.78 is 16.2. The SMILES string of the molecule is COc1cccc(CNC(=O)c2ccnc(OC3CCOC3)c2)c1. The number of carbonyl (C=O) groups is 1. The Morgan fingerprint density at radius 2 is 2.29 bits per heavy atom. The molecule has 1 aromatic heterocycles. The first-order valence-corrected chi connectivity index (χ1v) is 7.86. The van der Waals surface area contributed by atoms with E-state index in [1.54, 1.807) is 25.4 Å². The lowest BCUT2D eigenvalue weighted by Crippen LogP contribution is -2.23. The molecule has 6 heteroatoms. The number of ether oxygens (including phenoxy) is 3. The summed E-state index contributed by atoms with van der Waals surface area (Å²) >= 11 is 0. The number of hydrogen-bond acceptors (Lipinski definition) is 5. The second kappa shape index (κ2) is 7.79. The van der Waals surface area contributed by atoms with Crippen molar-refractivity contribution in [2.75, 3.05) is 20.3 Å². The van der Waals surface area contributed by atoms with E-state index in [0.717, 1.165) is 17.7 Å². The molecule has 3 rings (SSSR count).